The van der Waals surface area contributed by atoms with Crippen LogP contribution < -0.4 is 0 Å². The third-order valence-electron chi connectivity index (χ3n) is 4.73. The van der Waals surface area contributed by atoms with Crippen LogP contribution in [0, 0.1) is 5.82 Å². The molecule has 6 nitrogen and oxygen atoms in total. The molecule has 1 atom stereocenters. The molecule has 132 valence electrons. The SMILES string of the molecule is O=C(c1ccc(-n2cnnn2)cc1)N1CCCC1Cc1cccc(F)c1. The van der Waals surface area contributed by atoms with Crippen LogP contribution in [-0.4, -0.2) is 43.6 Å². The van der Waals surface area contributed by atoms with E-state index in [0.29, 0.717) is 12.0 Å². The molecular formula is C19H18FN5O. The van der Waals surface area contributed by atoms with Gasteiger partial charge >= 0.3 is 0 Å². The van der Waals surface area contributed by atoms with Crippen molar-refractivity contribution in [2.45, 2.75) is 25.3 Å². The summed E-state index contributed by atoms with van der Waals surface area (Å²) in [5.41, 5.74) is 2.35. The van der Waals surface area contributed by atoms with Crippen LogP contribution in [0.2, 0.25) is 0 Å². The molecule has 1 amide bonds. The van der Waals surface area contributed by atoms with Gasteiger partial charge in [0.15, 0.2) is 0 Å². The third-order valence-corrected chi connectivity index (χ3v) is 4.73. The van der Waals surface area contributed by atoms with Gasteiger partial charge < -0.3 is 4.90 Å². The maximum Gasteiger partial charge on any atom is 0.254 e. The van der Waals surface area contributed by atoms with E-state index < -0.39 is 0 Å². The predicted molar refractivity (Wildman–Crippen MR) is 93.3 cm³/mol. The molecule has 1 unspecified atom stereocenters. The molecule has 0 spiro atoms. The summed E-state index contributed by atoms with van der Waals surface area (Å²) in [6.07, 6.45) is 4.08. The van der Waals surface area contributed by atoms with Gasteiger partial charge in [-0.2, -0.15) is 0 Å². The number of amides is 1. The molecule has 1 fully saturated rings. The molecule has 2 aromatic carbocycles. The molecule has 4 rings (SSSR count). The number of hydrogen-bond acceptors (Lipinski definition) is 4. The number of carbonyl (C=O) groups is 1. The first-order chi connectivity index (χ1) is 12.7. The maximum atomic E-state index is 13.4. The summed E-state index contributed by atoms with van der Waals surface area (Å²) in [6, 6.07) is 13.9. The topological polar surface area (TPSA) is 63.9 Å². The second-order valence-electron chi connectivity index (χ2n) is 6.43. The fourth-order valence-electron chi connectivity index (χ4n) is 3.45. The molecule has 2 heterocycles. The molecule has 1 saturated heterocycles. The van der Waals surface area contributed by atoms with Crippen molar-refractivity contribution in [2.24, 2.45) is 0 Å². The lowest BCUT2D eigenvalue weighted by molar-refractivity contribution is 0.0736. The van der Waals surface area contributed by atoms with Crippen LogP contribution >= 0.6 is 0 Å². The number of likely N-dealkylation sites (tertiary alicyclic amines) is 1. The van der Waals surface area contributed by atoms with Crippen LogP contribution in [0.3, 0.4) is 0 Å². The van der Waals surface area contributed by atoms with Crippen LogP contribution in [0.15, 0.2) is 54.9 Å². The van der Waals surface area contributed by atoms with E-state index in [1.54, 1.807) is 24.3 Å². The third kappa shape index (κ3) is 3.33. The zero-order valence-corrected chi connectivity index (χ0v) is 14.1. The maximum absolute atomic E-state index is 13.4. The summed E-state index contributed by atoms with van der Waals surface area (Å²) < 4.78 is 15.0. The molecule has 7 heteroatoms. The van der Waals surface area contributed by atoms with Gasteiger partial charge in [-0.1, -0.05) is 12.1 Å². The van der Waals surface area contributed by atoms with Crippen molar-refractivity contribution in [2.75, 3.05) is 6.54 Å². The quantitative estimate of drug-likeness (QED) is 0.725. The lowest BCUT2D eigenvalue weighted by Gasteiger charge is -2.25. The largest absolute Gasteiger partial charge is 0.335 e. The van der Waals surface area contributed by atoms with E-state index in [2.05, 4.69) is 15.5 Å². The first-order valence-electron chi connectivity index (χ1n) is 8.59. The van der Waals surface area contributed by atoms with Crippen molar-refractivity contribution in [3.63, 3.8) is 0 Å². The molecule has 1 aromatic heterocycles. The summed E-state index contributed by atoms with van der Waals surface area (Å²) in [7, 11) is 0. The van der Waals surface area contributed by atoms with E-state index in [1.165, 1.54) is 17.1 Å². The molecule has 0 aliphatic carbocycles. The molecule has 0 radical (unpaired) electrons. The van der Waals surface area contributed by atoms with E-state index in [9.17, 15) is 9.18 Å². The normalized spacial score (nSPS) is 16.8. The summed E-state index contributed by atoms with van der Waals surface area (Å²) in [5, 5.41) is 11.0. The minimum absolute atomic E-state index is 0.00664. The van der Waals surface area contributed by atoms with E-state index in [0.717, 1.165) is 30.6 Å². The number of rotatable bonds is 4. The van der Waals surface area contributed by atoms with Crippen LogP contribution in [0.5, 0.6) is 0 Å². The Morgan fingerprint density at radius 1 is 1.19 bits per heavy atom. The first kappa shape index (κ1) is 16.4. The first-order valence-corrected chi connectivity index (χ1v) is 8.59. The fourth-order valence-corrected chi connectivity index (χ4v) is 3.45. The van der Waals surface area contributed by atoms with E-state index in [-0.39, 0.29) is 17.8 Å². The highest BCUT2D eigenvalue weighted by atomic mass is 19.1. The highest BCUT2D eigenvalue weighted by Crippen LogP contribution is 2.24. The smallest absolute Gasteiger partial charge is 0.254 e. The standard InChI is InChI=1S/C19H18FN5O/c20-16-4-1-3-14(11-16)12-18-5-2-10-24(18)19(26)15-6-8-17(9-7-15)25-13-21-22-23-25/h1,3-4,6-9,11,13,18H,2,5,10,12H2. The summed E-state index contributed by atoms with van der Waals surface area (Å²) >= 11 is 0. The average Bonchev–Trinajstić information content (AvgIpc) is 3.33. The predicted octanol–water partition coefficient (Wildman–Crippen LogP) is 2.65. The Morgan fingerprint density at radius 3 is 2.77 bits per heavy atom. The van der Waals surface area contributed by atoms with Gasteiger partial charge in [0.2, 0.25) is 0 Å². The Balaban J connectivity index is 1.49. The highest BCUT2D eigenvalue weighted by Gasteiger charge is 2.29. The van der Waals surface area contributed by atoms with Gasteiger partial charge in [-0.3, -0.25) is 4.79 Å². The van der Waals surface area contributed by atoms with Gasteiger partial charge in [0.25, 0.3) is 5.91 Å². The zero-order valence-electron chi connectivity index (χ0n) is 14.1. The number of benzene rings is 2. The number of tetrazole rings is 1. The molecule has 1 aliphatic rings. The fraction of sp³-hybridized carbons (Fsp3) is 0.263. The van der Waals surface area contributed by atoms with Gasteiger partial charge in [0, 0.05) is 18.2 Å². The summed E-state index contributed by atoms with van der Waals surface area (Å²) in [6.45, 7) is 0.730. The van der Waals surface area contributed by atoms with Crippen LogP contribution in [0.1, 0.15) is 28.8 Å². The Labute approximate surface area is 150 Å². The summed E-state index contributed by atoms with van der Waals surface area (Å²) in [4.78, 5) is 14.8. The number of hydrogen-bond donors (Lipinski definition) is 0. The van der Waals surface area contributed by atoms with Gasteiger partial charge in [-0.15, -0.1) is 5.10 Å². The van der Waals surface area contributed by atoms with Gasteiger partial charge in [-0.05, 0) is 71.7 Å². The van der Waals surface area contributed by atoms with Crippen molar-refractivity contribution < 1.29 is 9.18 Å². The van der Waals surface area contributed by atoms with Crippen molar-refractivity contribution in [1.82, 2.24) is 25.1 Å². The molecule has 3 aromatic rings. The lowest BCUT2D eigenvalue weighted by atomic mass is 10.0. The van der Waals surface area contributed by atoms with Crippen LogP contribution in [0.4, 0.5) is 4.39 Å². The number of halogens is 1. The van der Waals surface area contributed by atoms with Crippen LogP contribution in [0.25, 0.3) is 5.69 Å². The molecule has 0 bridgehead atoms. The van der Waals surface area contributed by atoms with Gasteiger partial charge in [-0.25, -0.2) is 9.07 Å². The Bertz CT molecular complexity index is 895. The van der Waals surface area contributed by atoms with Crippen molar-refractivity contribution in [3.05, 3.63) is 71.8 Å². The second kappa shape index (κ2) is 7.03. The summed E-state index contributed by atoms with van der Waals surface area (Å²) in [5.74, 6) is -0.233. The Hall–Kier alpha value is -3.09. The Morgan fingerprint density at radius 2 is 2.04 bits per heavy atom. The molecular weight excluding hydrogens is 333 g/mol. The minimum Gasteiger partial charge on any atom is -0.335 e. The molecule has 0 saturated carbocycles. The molecule has 0 N–H and O–H groups in total. The van der Waals surface area contributed by atoms with Crippen molar-refractivity contribution in [3.8, 4) is 5.69 Å². The molecule has 26 heavy (non-hydrogen) atoms. The average molecular weight is 351 g/mol. The highest BCUT2D eigenvalue weighted by molar-refractivity contribution is 5.94. The van der Waals surface area contributed by atoms with E-state index in [4.69, 9.17) is 0 Å². The second-order valence-corrected chi connectivity index (χ2v) is 6.43. The lowest BCUT2D eigenvalue weighted by Crippen LogP contribution is -2.36. The van der Waals surface area contributed by atoms with E-state index >= 15 is 0 Å². The van der Waals surface area contributed by atoms with Crippen molar-refractivity contribution in [1.29, 1.82) is 0 Å². The number of nitrogens with zero attached hydrogens (tertiary/aromatic N) is 5. The molecule has 1 aliphatic heterocycles. The Kier molecular flexibility index (Phi) is 4.43. The minimum atomic E-state index is -0.239. The van der Waals surface area contributed by atoms with E-state index in [1.807, 2.05) is 23.1 Å². The monoisotopic (exact) mass is 351 g/mol. The van der Waals surface area contributed by atoms with Gasteiger partial charge in [0.1, 0.15) is 12.1 Å². The number of aromatic nitrogens is 4. The number of carbonyl (C=O) groups excluding carboxylic acids is 1. The van der Waals surface area contributed by atoms with Gasteiger partial charge in [0.05, 0.1) is 5.69 Å². The zero-order chi connectivity index (χ0) is 17.9. The van der Waals surface area contributed by atoms with Crippen molar-refractivity contribution >= 4 is 5.91 Å². The van der Waals surface area contributed by atoms with Crippen LogP contribution in [-0.2, 0) is 6.42 Å².